The molecule has 3 fully saturated rings. The van der Waals surface area contributed by atoms with Crippen LogP contribution in [0.5, 0.6) is 0 Å². The SMILES string of the molecule is CC1(C)[C@H]2CC[C@@]1(C)[C@H](n1c(=O)n3n(c1=O)[C@H]1C=C[C@H]3[C@@H]3[C@H](Br)[C@H](Br)[C@@H]31)C2. The van der Waals surface area contributed by atoms with Gasteiger partial charge in [0, 0.05) is 27.5 Å². The van der Waals surface area contributed by atoms with Gasteiger partial charge in [-0.3, -0.25) is 0 Å². The number of allylic oxidation sites excluding steroid dienone is 2. The molecule has 6 aliphatic rings. The average Bonchev–Trinajstić information content (AvgIpc) is 3.13. The van der Waals surface area contributed by atoms with Gasteiger partial charge in [-0.15, -0.1) is 0 Å². The molecule has 2 aliphatic heterocycles. The summed E-state index contributed by atoms with van der Waals surface area (Å²) in [5.74, 6) is 1.36. The van der Waals surface area contributed by atoms with E-state index in [0.717, 1.165) is 12.8 Å². The number of hydrogen-bond acceptors (Lipinski definition) is 2. The Morgan fingerprint density at radius 2 is 1.48 bits per heavy atom. The van der Waals surface area contributed by atoms with Gasteiger partial charge >= 0.3 is 11.4 Å². The molecule has 0 N–H and O–H groups in total. The van der Waals surface area contributed by atoms with Gasteiger partial charge in [0.1, 0.15) is 0 Å². The first-order chi connectivity index (χ1) is 12.7. The van der Waals surface area contributed by atoms with Crippen LogP contribution in [-0.2, 0) is 0 Å². The minimum Gasteiger partial charge on any atom is -0.246 e. The van der Waals surface area contributed by atoms with Crippen molar-refractivity contribution in [2.75, 3.05) is 0 Å². The maximum Gasteiger partial charge on any atom is 0.348 e. The number of hydrogen-bond donors (Lipinski definition) is 0. The van der Waals surface area contributed by atoms with Crippen LogP contribution in [0.2, 0.25) is 0 Å². The monoisotopic (exact) mass is 497 g/mol. The number of alkyl halides is 2. The van der Waals surface area contributed by atoms with E-state index in [9.17, 15) is 9.59 Å². The zero-order chi connectivity index (χ0) is 19.0. The fourth-order valence-electron chi connectivity index (χ4n) is 7.36. The minimum atomic E-state index is -0.0925. The first-order valence-corrected chi connectivity index (χ1v) is 12.0. The van der Waals surface area contributed by atoms with E-state index < -0.39 is 0 Å². The predicted octanol–water partition coefficient (Wildman–Crippen LogP) is 3.64. The predicted molar refractivity (Wildman–Crippen MR) is 111 cm³/mol. The second kappa shape index (κ2) is 4.94. The van der Waals surface area contributed by atoms with Crippen LogP contribution in [0.1, 0.15) is 58.2 Å². The van der Waals surface area contributed by atoms with Crippen LogP contribution in [0.25, 0.3) is 0 Å². The molecule has 3 heterocycles. The normalized spacial score (nSPS) is 50.6. The lowest BCUT2D eigenvalue weighted by molar-refractivity contribution is 0.0346. The smallest absolute Gasteiger partial charge is 0.246 e. The summed E-state index contributed by atoms with van der Waals surface area (Å²) >= 11 is 7.59. The van der Waals surface area contributed by atoms with E-state index in [-0.39, 0.29) is 40.3 Å². The van der Waals surface area contributed by atoms with E-state index in [1.165, 1.54) is 6.42 Å². The molecule has 0 amide bonds. The van der Waals surface area contributed by atoms with Crippen LogP contribution in [-0.4, -0.2) is 23.6 Å². The van der Waals surface area contributed by atoms with Crippen molar-refractivity contribution in [3.05, 3.63) is 33.1 Å². The Morgan fingerprint density at radius 3 is 1.89 bits per heavy atom. The Hall–Kier alpha value is -0.560. The summed E-state index contributed by atoms with van der Waals surface area (Å²) in [6, 6.07) is -0.00787. The van der Waals surface area contributed by atoms with E-state index in [2.05, 4.69) is 64.8 Å². The van der Waals surface area contributed by atoms with Gasteiger partial charge in [-0.25, -0.2) is 23.5 Å². The topological polar surface area (TPSA) is 48.9 Å². The lowest BCUT2D eigenvalue weighted by Crippen LogP contribution is -2.63. The number of fused-ring (bicyclic) bond motifs is 2. The van der Waals surface area contributed by atoms with Gasteiger partial charge < -0.3 is 0 Å². The molecule has 9 atom stereocenters. The zero-order valence-corrected chi connectivity index (χ0v) is 19.0. The Morgan fingerprint density at radius 1 is 0.963 bits per heavy atom. The first-order valence-electron chi connectivity index (χ1n) is 10.1. The van der Waals surface area contributed by atoms with E-state index in [0.29, 0.717) is 27.4 Å². The fourth-order valence-corrected chi connectivity index (χ4v) is 9.39. The van der Waals surface area contributed by atoms with Gasteiger partial charge in [0.05, 0.1) is 12.1 Å². The average molecular weight is 499 g/mol. The summed E-state index contributed by atoms with van der Waals surface area (Å²) in [4.78, 5) is 27.8. The Labute approximate surface area is 175 Å². The van der Waals surface area contributed by atoms with Crippen LogP contribution in [0.15, 0.2) is 21.7 Å². The summed E-state index contributed by atoms with van der Waals surface area (Å²) < 4.78 is 5.21. The quantitative estimate of drug-likeness (QED) is 0.438. The van der Waals surface area contributed by atoms with Gasteiger partial charge in [0.15, 0.2) is 0 Å². The minimum absolute atomic E-state index is 0.0140. The Kier molecular flexibility index (Phi) is 3.17. The van der Waals surface area contributed by atoms with Crippen LogP contribution in [0, 0.1) is 28.6 Å². The third kappa shape index (κ3) is 1.67. The van der Waals surface area contributed by atoms with Gasteiger partial charge in [-0.1, -0.05) is 64.8 Å². The highest BCUT2D eigenvalue weighted by atomic mass is 79.9. The molecular formula is C20H25Br2N3O2. The third-order valence-corrected chi connectivity index (χ3v) is 12.5. The van der Waals surface area contributed by atoms with Crippen LogP contribution >= 0.6 is 31.9 Å². The van der Waals surface area contributed by atoms with Crippen molar-refractivity contribution in [1.29, 1.82) is 0 Å². The highest BCUT2D eigenvalue weighted by molar-refractivity contribution is 9.12. The van der Waals surface area contributed by atoms with Gasteiger partial charge in [0.25, 0.3) is 0 Å². The summed E-state index contributed by atoms with van der Waals surface area (Å²) in [7, 11) is 0. The summed E-state index contributed by atoms with van der Waals surface area (Å²) in [6.45, 7) is 6.97. The molecule has 0 aromatic carbocycles. The Bertz CT molecular complexity index is 948. The molecule has 0 unspecified atom stereocenters. The van der Waals surface area contributed by atoms with Crippen molar-refractivity contribution in [2.45, 2.75) is 67.8 Å². The maximum atomic E-state index is 13.5. The van der Waals surface area contributed by atoms with Gasteiger partial charge in [0.2, 0.25) is 0 Å². The molecule has 7 rings (SSSR count). The lowest BCUT2D eigenvalue weighted by atomic mass is 9.62. The summed E-state index contributed by atoms with van der Waals surface area (Å²) in [6.07, 6.45) is 7.58. The van der Waals surface area contributed by atoms with Crippen molar-refractivity contribution < 1.29 is 0 Å². The molecule has 4 aliphatic carbocycles. The van der Waals surface area contributed by atoms with Gasteiger partial charge in [-0.05, 0) is 36.0 Å². The molecule has 3 saturated carbocycles. The zero-order valence-electron chi connectivity index (χ0n) is 15.8. The molecule has 4 bridgehead atoms. The van der Waals surface area contributed by atoms with Crippen LogP contribution in [0.4, 0.5) is 0 Å². The highest BCUT2D eigenvalue weighted by Gasteiger charge is 2.64. The largest absolute Gasteiger partial charge is 0.348 e. The molecule has 0 spiro atoms. The van der Waals surface area contributed by atoms with E-state index in [4.69, 9.17) is 0 Å². The van der Waals surface area contributed by atoms with E-state index >= 15 is 0 Å². The highest BCUT2D eigenvalue weighted by Crippen LogP contribution is 2.69. The number of nitrogens with zero attached hydrogens (tertiary/aromatic N) is 3. The second-order valence-corrected chi connectivity index (χ2v) is 12.3. The molecule has 146 valence electrons. The third-order valence-electron chi connectivity index (χ3n) is 9.44. The lowest BCUT2D eigenvalue weighted by Gasteiger charge is -2.58. The number of aromatic nitrogens is 3. The molecule has 0 radical (unpaired) electrons. The Balaban J connectivity index is 1.54. The number of rotatable bonds is 1. The number of halogens is 2. The summed E-state index contributed by atoms with van der Waals surface area (Å²) in [5, 5.41) is 0. The van der Waals surface area contributed by atoms with E-state index in [1.807, 2.05) is 0 Å². The van der Waals surface area contributed by atoms with Crippen LogP contribution < -0.4 is 11.4 Å². The molecule has 1 aromatic rings. The maximum absolute atomic E-state index is 13.5. The van der Waals surface area contributed by atoms with Crippen LogP contribution in [0.3, 0.4) is 0 Å². The van der Waals surface area contributed by atoms with Crippen molar-refractivity contribution >= 4 is 31.9 Å². The fraction of sp³-hybridized carbons (Fsp3) is 0.800. The molecule has 7 heteroatoms. The van der Waals surface area contributed by atoms with Crippen molar-refractivity contribution in [3.63, 3.8) is 0 Å². The molecule has 0 saturated heterocycles. The molecule has 27 heavy (non-hydrogen) atoms. The molecular weight excluding hydrogens is 474 g/mol. The second-order valence-electron chi connectivity index (χ2n) is 10.2. The molecule has 1 aromatic heterocycles. The van der Waals surface area contributed by atoms with Gasteiger partial charge in [-0.2, -0.15) is 0 Å². The van der Waals surface area contributed by atoms with Crippen molar-refractivity contribution in [1.82, 2.24) is 13.9 Å². The standard InChI is InChI=1S/C20H25Br2N3O2/c1-19(2)9-6-7-20(19,3)12(8-9)23-17(26)24-10-4-5-11(25(24)18(23)27)14-13(10)15(21)16(14)22/h4-5,9-16H,6-8H2,1-3H3/t9-,10-,11-,12+,13-,14+,15-,16+,20-/m0/s1. The summed E-state index contributed by atoms with van der Waals surface area (Å²) in [5.41, 5.74) is 0.00440. The first kappa shape index (κ1) is 17.3. The van der Waals surface area contributed by atoms with E-state index in [1.54, 1.807) is 13.9 Å². The van der Waals surface area contributed by atoms with Crippen molar-refractivity contribution in [3.8, 4) is 0 Å². The molecule has 5 nitrogen and oxygen atoms in total. The van der Waals surface area contributed by atoms with Crippen molar-refractivity contribution in [2.24, 2.45) is 28.6 Å².